The number of amides is 1. The van der Waals surface area contributed by atoms with E-state index in [0.29, 0.717) is 13.0 Å². The zero-order valence-electron chi connectivity index (χ0n) is 14.5. The van der Waals surface area contributed by atoms with E-state index in [1.807, 2.05) is 32.4 Å². The molecule has 0 aromatic carbocycles. The summed E-state index contributed by atoms with van der Waals surface area (Å²) in [6.45, 7) is 8.97. The van der Waals surface area contributed by atoms with Crippen LogP contribution in [0.25, 0.3) is 0 Å². The number of nitrogens with zero attached hydrogens (tertiary/aromatic N) is 3. The predicted octanol–water partition coefficient (Wildman–Crippen LogP) is 2.78. The number of rotatable bonds is 0. The van der Waals surface area contributed by atoms with Crippen LogP contribution in [0, 0.1) is 0 Å². The Balaban J connectivity index is 1.89. The van der Waals surface area contributed by atoms with Crippen molar-refractivity contribution >= 4 is 6.09 Å². The first kappa shape index (κ1) is 16.3. The highest BCUT2D eigenvalue weighted by molar-refractivity contribution is 5.69. The van der Waals surface area contributed by atoms with Gasteiger partial charge in [0.05, 0.1) is 24.0 Å². The molecule has 0 aliphatic carbocycles. The number of hydrogen-bond acceptors (Lipinski definition) is 4. The van der Waals surface area contributed by atoms with Gasteiger partial charge < -0.3 is 14.7 Å². The van der Waals surface area contributed by atoms with E-state index < -0.39 is 11.7 Å². The summed E-state index contributed by atoms with van der Waals surface area (Å²) in [6, 6.07) is 0.0497. The van der Waals surface area contributed by atoms with Crippen LogP contribution < -0.4 is 0 Å². The van der Waals surface area contributed by atoms with Crippen molar-refractivity contribution in [1.82, 2.24) is 14.7 Å². The van der Waals surface area contributed by atoms with Crippen molar-refractivity contribution in [2.24, 2.45) is 0 Å². The molecule has 0 saturated heterocycles. The normalized spacial score (nSPS) is 24.7. The Hall–Kier alpha value is -1.56. The van der Waals surface area contributed by atoms with Gasteiger partial charge in [-0.1, -0.05) is 0 Å². The third-order valence-electron chi connectivity index (χ3n) is 4.57. The smallest absolute Gasteiger partial charge is 0.410 e. The van der Waals surface area contributed by atoms with Crippen molar-refractivity contribution in [1.29, 1.82) is 0 Å². The van der Waals surface area contributed by atoms with Crippen molar-refractivity contribution in [2.45, 2.75) is 84.2 Å². The number of aromatic nitrogens is 2. The summed E-state index contributed by atoms with van der Waals surface area (Å²) in [7, 11) is 0. The Morgan fingerprint density at radius 3 is 2.78 bits per heavy atom. The van der Waals surface area contributed by atoms with E-state index in [0.717, 1.165) is 42.8 Å². The number of aliphatic hydroxyl groups is 1. The molecule has 1 aromatic heterocycles. The SMILES string of the molecule is C[C@@H]1Cc2nn3c(c2CN1C(=O)OC(C)(C)C)C(O)CCCC3. The molecule has 23 heavy (non-hydrogen) atoms. The fourth-order valence-electron chi connectivity index (χ4n) is 3.46. The second-order valence-electron chi connectivity index (χ2n) is 7.71. The summed E-state index contributed by atoms with van der Waals surface area (Å²) in [4.78, 5) is 14.2. The van der Waals surface area contributed by atoms with Crippen LogP contribution in [0.4, 0.5) is 4.79 Å². The zero-order valence-corrected chi connectivity index (χ0v) is 14.5. The molecule has 0 fully saturated rings. The number of carbonyl (C=O) groups is 1. The molecule has 0 saturated carbocycles. The van der Waals surface area contributed by atoms with Crippen LogP contribution in [0.2, 0.25) is 0 Å². The predicted molar refractivity (Wildman–Crippen MR) is 86.0 cm³/mol. The standard InChI is InChI=1S/C17H27N3O3/c1-11-9-13-12(10-19(11)16(22)23-17(2,3)4)15-14(21)7-5-6-8-20(15)18-13/h11,14,21H,5-10H2,1-4H3/t11-,14?/m1/s1. The van der Waals surface area contributed by atoms with Gasteiger partial charge in [0, 0.05) is 24.6 Å². The first-order valence-electron chi connectivity index (χ1n) is 8.52. The molecule has 1 amide bonds. The van der Waals surface area contributed by atoms with Gasteiger partial charge in [-0.3, -0.25) is 4.68 Å². The van der Waals surface area contributed by atoms with Crippen molar-refractivity contribution in [3.05, 3.63) is 17.0 Å². The Bertz CT molecular complexity index is 603. The van der Waals surface area contributed by atoms with Crippen LogP contribution in [-0.4, -0.2) is 37.5 Å². The molecule has 3 rings (SSSR count). The third-order valence-corrected chi connectivity index (χ3v) is 4.57. The van der Waals surface area contributed by atoms with E-state index in [9.17, 15) is 9.90 Å². The lowest BCUT2D eigenvalue weighted by Gasteiger charge is -2.34. The fourth-order valence-corrected chi connectivity index (χ4v) is 3.46. The fraction of sp³-hybridized carbons (Fsp3) is 0.765. The molecule has 0 spiro atoms. The molecule has 1 N–H and O–H groups in total. The van der Waals surface area contributed by atoms with Crippen molar-refractivity contribution in [3.63, 3.8) is 0 Å². The highest BCUT2D eigenvalue weighted by Gasteiger charge is 2.35. The molecule has 0 bridgehead atoms. The Morgan fingerprint density at radius 1 is 1.35 bits per heavy atom. The maximum atomic E-state index is 12.5. The van der Waals surface area contributed by atoms with Gasteiger partial charge in [0.1, 0.15) is 5.60 Å². The van der Waals surface area contributed by atoms with E-state index in [-0.39, 0.29) is 12.1 Å². The molecular formula is C17H27N3O3. The second kappa shape index (κ2) is 5.82. The second-order valence-corrected chi connectivity index (χ2v) is 7.71. The highest BCUT2D eigenvalue weighted by Crippen LogP contribution is 2.34. The van der Waals surface area contributed by atoms with Crippen LogP contribution in [-0.2, 0) is 24.2 Å². The molecule has 2 atom stereocenters. The number of aliphatic hydroxyl groups excluding tert-OH is 1. The van der Waals surface area contributed by atoms with Gasteiger partial charge in [-0.25, -0.2) is 4.79 Å². The lowest BCUT2D eigenvalue weighted by molar-refractivity contribution is 0.0134. The molecule has 0 radical (unpaired) electrons. The summed E-state index contributed by atoms with van der Waals surface area (Å²) >= 11 is 0. The Morgan fingerprint density at radius 2 is 2.09 bits per heavy atom. The monoisotopic (exact) mass is 321 g/mol. The summed E-state index contributed by atoms with van der Waals surface area (Å²) < 4.78 is 7.48. The van der Waals surface area contributed by atoms with Gasteiger partial charge >= 0.3 is 6.09 Å². The van der Waals surface area contributed by atoms with Crippen molar-refractivity contribution in [2.75, 3.05) is 0 Å². The Labute approximate surface area is 137 Å². The first-order chi connectivity index (χ1) is 10.8. The van der Waals surface area contributed by atoms with Gasteiger partial charge in [0.2, 0.25) is 0 Å². The highest BCUT2D eigenvalue weighted by atomic mass is 16.6. The lowest BCUT2D eigenvalue weighted by atomic mass is 9.97. The van der Waals surface area contributed by atoms with Crippen molar-refractivity contribution in [3.8, 4) is 0 Å². The minimum absolute atomic E-state index is 0.0497. The average Bonchev–Trinajstić information content (AvgIpc) is 2.67. The third kappa shape index (κ3) is 3.22. The number of fused-ring (bicyclic) bond motifs is 3. The molecule has 6 heteroatoms. The number of aryl methyl sites for hydroxylation is 1. The van der Waals surface area contributed by atoms with E-state index in [1.54, 1.807) is 4.90 Å². The number of hydrogen-bond donors (Lipinski definition) is 1. The topological polar surface area (TPSA) is 67.6 Å². The van der Waals surface area contributed by atoms with E-state index >= 15 is 0 Å². The van der Waals surface area contributed by atoms with Crippen LogP contribution in [0.5, 0.6) is 0 Å². The average molecular weight is 321 g/mol. The summed E-state index contributed by atoms with van der Waals surface area (Å²) in [5.41, 5.74) is 2.43. The van der Waals surface area contributed by atoms with Gasteiger partial charge in [-0.05, 0) is 47.0 Å². The molecule has 1 unspecified atom stereocenters. The quantitative estimate of drug-likeness (QED) is 0.798. The largest absolute Gasteiger partial charge is 0.444 e. The van der Waals surface area contributed by atoms with Crippen LogP contribution in [0.15, 0.2) is 0 Å². The van der Waals surface area contributed by atoms with Gasteiger partial charge in [0.15, 0.2) is 0 Å². The summed E-state index contributed by atoms with van der Waals surface area (Å²) in [6.07, 6.45) is 2.74. The van der Waals surface area contributed by atoms with E-state index in [4.69, 9.17) is 9.84 Å². The molecule has 6 nitrogen and oxygen atoms in total. The number of ether oxygens (including phenoxy) is 1. The minimum Gasteiger partial charge on any atom is -0.444 e. The lowest BCUT2D eigenvalue weighted by Crippen LogP contribution is -2.45. The summed E-state index contributed by atoms with van der Waals surface area (Å²) in [5, 5.41) is 15.2. The van der Waals surface area contributed by atoms with Crippen LogP contribution in [0.1, 0.15) is 70.0 Å². The molecule has 2 aliphatic heterocycles. The molecular weight excluding hydrogens is 294 g/mol. The molecule has 128 valence electrons. The van der Waals surface area contributed by atoms with E-state index in [2.05, 4.69) is 0 Å². The van der Waals surface area contributed by atoms with Crippen LogP contribution >= 0.6 is 0 Å². The zero-order chi connectivity index (χ0) is 16.8. The van der Waals surface area contributed by atoms with Crippen LogP contribution in [0.3, 0.4) is 0 Å². The van der Waals surface area contributed by atoms with Crippen molar-refractivity contribution < 1.29 is 14.6 Å². The molecule has 1 aromatic rings. The van der Waals surface area contributed by atoms with E-state index in [1.165, 1.54) is 0 Å². The minimum atomic E-state index is -0.507. The van der Waals surface area contributed by atoms with Gasteiger partial charge in [-0.2, -0.15) is 5.10 Å². The molecule has 3 heterocycles. The maximum absolute atomic E-state index is 12.5. The number of carbonyl (C=O) groups excluding carboxylic acids is 1. The van der Waals surface area contributed by atoms with Gasteiger partial charge in [-0.15, -0.1) is 0 Å². The Kier molecular flexibility index (Phi) is 4.12. The van der Waals surface area contributed by atoms with Gasteiger partial charge in [0.25, 0.3) is 0 Å². The summed E-state index contributed by atoms with van der Waals surface area (Å²) in [5.74, 6) is 0. The first-order valence-corrected chi connectivity index (χ1v) is 8.52. The maximum Gasteiger partial charge on any atom is 0.410 e. The molecule has 2 aliphatic rings.